The minimum absolute atomic E-state index is 0.0740. The summed E-state index contributed by atoms with van der Waals surface area (Å²) in [5.74, 6) is -1.70. The van der Waals surface area contributed by atoms with Gasteiger partial charge in [0.2, 0.25) is 0 Å². The van der Waals surface area contributed by atoms with Crippen molar-refractivity contribution in [2.24, 2.45) is 0 Å². The average molecular weight is 296 g/mol. The summed E-state index contributed by atoms with van der Waals surface area (Å²) in [7, 11) is 0. The van der Waals surface area contributed by atoms with Gasteiger partial charge in [-0.05, 0) is 18.2 Å². The molecule has 0 aliphatic carbocycles. The molecule has 1 heterocycles. The van der Waals surface area contributed by atoms with Crippen molar-refractivity contribution in [1.82, 2.24) is 4.98 Å². The van der Waals surface area contributed by atoms with Gasteiger partial charge in [0.25, 0.3) is 11.6 Å². The lowest BCUT2D eigenvalue weighted by Gasteiger charge is -2.06. The van der Waals surface area contributed by atoms with Gasteiger partial charge in [-0.1, -0.05) is 17.7 Å². The van der Waals surface area contributed by atoms with Crippen LogP contribution in [0.3, 0.4) is 0 Å². The molecule has 2 aromatic rings. The zero-order valence-corrected chi connectivity index (χ0v) is 10.6. The number of nitro groups is 1. The topological polar surface area (TPSA) is 85.1 Å². The quantitative estimate of drug-likeness (QED) is 0.696. The highest BCUT2D eigenvalue weighted by molar-refractivity contribution is 6.31. The molecule has 2 rings (SSSR count). The van der Waals surface area contributed by atoms with E-state index >= 15 is 0 Å². The summed E-state index contributed by atoms with van der Waals surface area (Å²) in [6.45, 7) is 0. The zero-order chi connectivity index (χ0) is 14.7. The van der Waals surface area contributed by atoms with Gasteiger partial charge in [0.1, 0.15) is 5.69 Å². The number of amides is 1. The summed E-state index contributed by atoms with van der Waals surface area (Å²) in [5, 5.41) is 13.2. The van der Waals surface area contributed by atoms with Crippen molar-refractivity contribution in [2.45, 2.75) is 0 Å². The van der Waals surface area contributed by atoms with Gasteiger partial charge in [-0.2, -0.15) is 0 Å². The van der Waals surface area contributed by atoms with Crippen molar-refractivity contribution >= 4 is 28.9 Å². The predicted octanol–water partition coefficient (Wildman–Crippen LogP) is 3.03. The van der Waals surface area contributed by atoms with Gasteiger partial charge < -0.3 is 5.32 Å². The van der Waals surface area contributed by atoms with Crippen LogP contribution in [0.15, 0.2) is 36.5 Å². The number of anilines is 1. The van der Waals surface area contributed by atoms with E-state index in [9.17, 15) is 19.3 Å². The molecule has 0 unspecified atom stereocenters. The van der Waals surface area contributed by atoms with Crippen LogP contribution in [0.25, 0.3) is 0 Å². The molecular formula is C12H7ClFN3O3. The zero-order valence-electron chi connectivity index (χ0n) is 9.84. The third-order valence-electron chi connectivity index (χ3n) is 2.38. The summed E-state index contributed by atoms with van der Waals surface area (Å²) in [4.78, 5) is 25.6. The molecule has 0 radical (unpaired) electrons. The number of benzene rings is 1. The van der Waals surface area contributed by atoms with Crippen LogP contribution in [0.4, 0.5) is 15.8 Å². The maximum atomic E-state index is 13.6. The summed E-state index contributed by atoms with van der Waals surface area (Å²) in [6, 6.07) is 6.01. The summed E-state index contributed by atoms with van der Waals surface area (Å²) < 4.78 is 13.6. The van der Waals surface area contributed by atoms with Crippen LogP contribution in [0.1, 0.15) is 10.5 Å². The van der Waals surface area contributed by atoms with Crippen LogP contribution >= 0.6 is 11.6 Å². The van der Waals surface area contributed by atoms with Crippen molar-refractivity contribution in [2.75, 3.05) is 5.32 Å². The molecule has 1 aromatic heterocycles. The average Bonchev–Trinajstić information content (AvgIpc) is 2.40. The third kappa shape index (κ3) is 2.89. The third-order valence-corrected chi connectivity index (χ3v) is 2.62. The van der Waals surface area contributed by atoms with Crippen LogP contribution in [-0.2, 0) is 0 Å². The van der Waals surface area contributed by atoms with E-state index in [1.807, 2.05) is 0 Å². The number of carbonyl (C=O) groups excluding carboxylic acids is 1. The van der Waals surface area contributed by atoms with E-state index in [2.05, 4.69) is 10.3 Å². The van der Waals surface area contributed by atoms with Gasteiger partial charge in [0.05, 0.1) is 4.92 Å². The van der Waals surface area contributed by atoms with Crippen molar-refractivity contribution in [3.63, 3.8) is 0 Å². The molecule has 6 nitrogen and oxygen atoms in total. The highest BCUT2D eigenvalue weighted by atomic mass is 35.5. The highest BCUT2D eigenvalue weighted by Crippen LogP contribution is 2.27. The van der Waals surface area contributed by atoms with E-state index in [0.29, 0.717) is 0 Å². The minimum Gasteiger partial charge on any atom is -0.312 e. The number of pyridine rings is 1. The molecule has 0 atom stereocenters. The van der Waals surface area contributed by atoms with Crippen molar-refractivity contribution in [3.8, 4) is 0 Å². The normalized spacial score (nSPS) is 10.1. The SMILES string of the molecule is O=C(Nc1c(F)cccc1[N+](=O)[O-])c1cc(Cl)ccn1. The van der Waals surface area contributed by atoms with Crippen molar-refractivity contribution < 1.29 is 14.1 Å². The molecule has 8 heteroatoms. The van der Waals surface area contributed by atoms with Crippen molar-refractivity contribution in [3.05, 3.63) is 63.2 Å². The first-order valence-corrected chi connectivity index (χ1v) is 5.72. The fourth-order valence-electron chi connectivity index (χ4n) is 1.50. The number of carbonyl (C=O) groups is 1. The molecule has 20 heavy (non-hydrogen) atoms. The maximum absolute atomic E-state index is 13.6. The first-order valence-electron chi connectivity index (χ1n) is 5.35. The Morgan fingerprint density at radius 2 is 2.15 bits per heavy atom. The van der Waals surface area contributed by atoms with Gasteiger partial charge in [-0.25, -0.2) is 4.39 Å². The molecule has 0 bridgehead atoms. The Bertz CT molecular complexity index is 693. The Balaban J connectivity index is 2.35. The lowest BCUT2D eigenvalue weighted by atomic mass is 10.2. The monoisotopic (exact) mass is 295 g/mol. The fourth-order valence-corrected chi connectivity index (χ4v) is 1.65. The van der Waals surface area contributed by atoms with E-state index in [1.165, 1.54) is 24.4 Å². The molecule has 0 spiro atoms. The van der Waals surface area contributed by atoms with Gasteiger partial charge in [0, 0.05) is 17.3 Å². The van der Waals surface area contributed by atoms with E-state index in [0.717, 1.165) is 12.1 Å². The second-order valence-corrected chi connectivity index (χ2v) is 4.14. The fraction of sp³-hybridized carbons (Fsp3) is 0. The first kappa shape index (κ1) is 13.9. The Hall–Kier alpha value is -2.54. The van der Waals surface area contributed by atoms with Gasteiger partial charge in [-0.15, -0.1) is 0 Å². The Morgan fingerprint density at radius 3 is 2.80 bits per heavy atom. The van der Waals surface area contributed by atoms with E-state index in [1.54, 1.807) is 0 Å². The standard InChI is InChI=1S/C12H7ClFN3O3/c13-7-4-5-15-9(6-7)12(18)16-11-8(14)2-1-3-10(11)17(19)20/h1-6H,(H,16,18). The molecular weight excluding hydrogens is 289 g/mol. The van der Waals surface area contributed by atoms with Crippen LogP contribution in [0.2, 0.25) is 5.02 Å². The maximum Gasteiger partial charge on any atom is 0.295 e. The van der Waals surface area contributed by atoms with Crippen LogP contribution in [0.5, 0.6) is 0 Å². The van der Waals surface area contributed by atoms with Crippen LogP contribution < -0.4 is 5.32 Å². The van der Waals surface area contributed by atoms with E-state index in [4.69, 9.17) is 11.6 Å². The number of nitrogens with zero attached hydrogens (tertiary/aromatic N) is 2. The van der Waals surface area contributed by atoms with Gasteiger partial charge >= 0.3 is 0 Å². The summed E-state index contributed by atoms with van der Waals surface area (Å²) in [5.41, 5.74) is -1.13. The number of rotatable bonds is 3. The van der Waals surface area contributed by atoms with Crippen LogP contribution in [0, 0.1) is 15.9 Å². The Morgan fingerprint density at radius 1 is 1.40 bits per heavy atom. The summed E-state index contributed by atoms with van der Waals surface area (Å²) >= 11 is 5.70. The van der Waals surface area contributed by atoms with Crippen molar-refractivity contribution in [1.29, 1.82) is 0 Å². The van der Waals surface area contributed by atoms with Crippen LogP contribution in [-0.4, -0.2) is 15.8 Å². The number of aromatic nitrogens is 1. The summed E-state index contributed by atoms with van der Waals surface area (Å²) in [6.07, 6.45) is 1.30. The number of para-hydroxylation sites is 1. The molecule has 0 saturated heterocycles. The van der Waals surface area contributed by atoms with Gasteiger partial charge in [-0.3, -0.25) is 19.9 Å². The molecule has 0 saturated carbocycles. The minimum atomic E-state index is -0.908. The second-order valence-electron chi connectivity index (χ2n) is 3.70. The number of hydrogen-bond donors (Lipinski definition) is 1. The number of hydrogen-bond acceptors (Lipinski definition) is 4. The van der Waals surface area contributed by atoms with Gasteiger partial charge in [0.15, 0.2) is 11.5 Å². The number of nitro benzene ring substituents is 1. The lowest BCUT2D eigenvalue weighted by molar-refractivity contribution is -0.384. The second kappa shape index (κ2) is 5.62. The predicted molar refractivity (Wildman–Crippen MR) is 70.3 cm³/mol. The molecule has 1 N–H and O–H groups in total. The van der Waals surface area contributed by atoms with E-state index in [-0.39, 0.29) is 10.7 Å². The molecule has 1 amide bonds. The molecule has 102 valence electrons. The number of halogens is 2. The first-order chi connectivity index (χ1) is 9.49. The molecule has 0 aliphatic rings. The molecule has 0 aliphatic heterocycles. The largest absolute Gasteiger partial charge is 0.312 e. The van der Waals surface area contributed by atoms with E-state index < -0.39 is 28.0 Å². The Kier molecular flexibility index (Phi) is 3.90. The highest BCUT2D eigenvalue weighted by Gasteiger charge is 2.21. The molecule has 1 aromatic carbocycles. The molecule has 0 fully saturated rings. The Labute approximate surface area is 117 Å². The lowest BCUT2D eigenvalue weighted by Crippen LogP contribution is -2.15. The number of nitrogens with one attached hydrogen (secondary N) is 1. The smallest absolute Gasteiger partial charge is 0.295 e.